The van der Waals surface area contributed by atoms with Gasteiger partial charge in [0.05, 0.1) is 49.3 Å². The van der Waals surface area contributed by atoms with Gasteiger partial charge in [0.2, 0.25) is 11.8 Å². The number of nitrogens with two attached hydrogens (primary N) is 1. The van der Waals surface area contributed by atoms with Crippen LogP contribution in [0, 0.1) is 13.8 Å². The number of aliphatic carboxylic acids is 1. The Kier molecular flexibility index (Phi) is 12.9. The van der Waals surface area contributed by atoms with Crippen molar-refractivity contribution in [1.82, 2.24) is 20.4 Å². The van der Waals surface area contributed by atoms with Crippen LogP contribution >= 0.6 is 0 Å². The summed E-state index contributed by atoms with van der Waals surface area (Å²) in [6, 6.07) is 1.69. The molecule has 16 heteroatoms. The number of ether oxygens (including phenoxy) is 3. The first-order chi connectivity index (χ1) is 23.8. The molecule has 3 fully saturated rings. The van der Waals surface area contributed by atoms with Crippen molar-refractivity contribution in [1.29, 1.82) is 0 Å². The molecule has 0 bridgehead atoms. The number of carboxylic acid groups (broad SMARTS) is 1. The second kappa shape index (κ2) is 16.2. The number of benzene rings is 1. The lowest BCUT2D eigenvalue weighted by molar-refractivity contribution is -0.231. The Morgan fingerprint density at radius 1 is 1.14 bits per heavy atom. The van der Waals surface area contributed by atoms with Crippen molar-refractivity contribution in [2.75, 3.05) is 52.7 Å². The van der Waals surface area contributed by atoms with E-state index in [9.17, 15) is 39.6 Å². The van der Waals surface area contributed by atoms with Gasteiger partial charge in [-0.25, -0.2) is 4.79 Å². The highest BCUT2D eigenvalue weighted by Crippen LogP contribution is 2.37. The highest BCUT2D eigenvalue weighted by atomic mass is 16.6. The SMILES string of the molecule is CC(=O)N[C@H]1[C@H]([C@H](O)[C@H](O)CNC(=O)c2cc(C)c(C(N)=O)c(C)c2)O[C@@](CCN2CCOC[C@@]23CCN(COC(C)(C)C)C3)(C(=O)O)C[C@@H]1O. The molecular weight excluding hydrogens is 666 g/mol. The number of carbonyl (C=O) groups is 4. The van der Waals surface area contributed by atoms with Gasteiger partial charge >= 0.3 is 5.97 Å². The maximum atomic E-state index is 13.0. The second-order valence-corrected chi connectivity index (χ2v) is 15.2. The minimum Gasteiger partial charge on any atom is -0.479 e. The highest BCUT2D eigenvalue weighted by molar-refractivity contribution is 5.99. The molecule has 0 aliphatic carbocycles. The summed E-state index contributed by atoms with van der Waals surface area (Å²) in [4.78, 5) is 54.3. The van der Waals surface area contributed by atoms with Crippen LogP contribution in [0.1, 0.15) is 78.8 Å². The molecular formula is C35H55N5O11. The van der Waals surface area contributed by atoms with E-state index in [0.29, 0.717) is 49.7 Å². The van der Waals surface area contributed by atoms with Gasteiger partial charge in [0.15, 0.2) is 5.60 Å². The quantitative estimate of drug-likeness (QED) is 0.133. The summed E-state index contributed by atoms with van der Waals surface area (Å²) in [5.74, 6) is -3.16. The molecule has 0 aromatic heterocycles. The Hall–Kier alpha value is -3.22. The minimum absolute atomic E-state index is 0.0670. The number of morpholine rings is 1. The lowest BCUT2D eigenvalue weighted by Crippen LogP contribution is -2.68. The van der Waals surface area contributed by atoms with Crippen LogP contribution in [0.4, 0.5) is 0 Å². The molecule has 3 amide bonds. The average Bonchev–Trinajstić information content (AvgIpc) is 3.44. The maximum Gasteiger partial charge on any atom is 0.336 e. The predicted molar refractivity (Wildman–Crippen MR) is 184 cm³/mol. The van der Waals surface area contributed by atoms with Crippen molar-refractivity contribution in [2.24, 2.45) is 5.73 Å². The number of nitrogens with zero attached hydrogens (tertiary/aromatic N) is 2. The van der Waals surface area contributed by atoms with E-state index in [4.69, 9.17) is 19.9 Å². The number of hydrogen-bond donors (Lipinski definition) is 7. The van der Waals surface area contributed by atoms with E-state index in [2.05, 4.69) is 20.4 Å². The summed E-state index contributed by atoms with van der Waals surface area (Å²) in [6.07, 6.45) is -6.21. The Morgan fingerprint density at radius 2 is 1.80 bits per heavy atom. The molecule has 1 spiro atoms. The number of nitrogens with one attached hydrogen (secondary N) is 2. The van der Waals surface area contributed by atoms with E-state index in [0.717, 1.165) is 13.0 Å². The third-order valence-corrected chi connectivity index (χ3v) is 10.1. The van der Waals surface area contributed by atoms with E-state index in [1.165, 1.54) is 19.1 Å². The zero-order valence-corrected chi connectivity index (χ0v) is 30.4. The van der Waals surface area contributed by atoms with E-state index < -0.39 is 66.3 Å². The minimum atomic E-state index is -1.98. The number of aliphatic hydroxyl groups excluding tert-OH is 3. The number of amides is 3. The lowest BCUT2D eigenvalue weighted by atomic mass is 9.81. The van der Waals surface area contributed by atoms with Gasteiger partial charge in [-0.3, -0.25) is 24.2 Å². The zero-order chi connectivity index (χ0) is 37.9. The number of likely N-dealkylation sites (tertiary alicyclic amines) is 1. The summed E-state index contributed by atoms with van der Waals surface area (Å²) >= 11 is 0. The lowest BCUT2D eigenvalue weighted by Gasteiger charge is -2.49. The molecule has 1 aromatic rings. The first kappa shape index (κ1) is 40.5. The molecule has 51 heavy (non-hydrogen) atoms. The number of primary amides is 1. The molecule has 1 aromatic carbocycles. The Bertz CT molecular complexity index is 1430. The molecule has 7 atom stereocenters. The van der Waals surface area contributed by atoms with Gasteiger partial charge in [0.1, 0.15) is 12.2 Å². The molecule has 3 aliphatic heterocycles. The standard InChI is InChI=1S/C35H55N5O11/c1-20-13-23(14-21(2)26(20)30(36)45)31(46)37-16-25(43)28(44)29-27(38-22(3)41)24(42)15-35(51-29,32(47)48)8-10-40-11-12-49-18-34(40)7-9-39(17-34)19-50-33(4,5)6/h13-14,24-25,27-29,42-44H,7-12,15-19H2,1-6H3,(H2,36,45)(H,37,46)(H,38,41)(H,47,48)/t24-,25+,27+,28+,29+,34-,35+/m0/s1. The molecule has 0 saturated carbocycles. The van der Waals surface area contributed by atoms with Crippen LogP contribution in [0.25, 0.3) is 0 Å². The van der Waals surface area contributed by atoms with E-state index in [-0.39, 0.29) is 36.1 Å². The van der Waals surface area contributed by atoms with Gasteiger partial charge in [0, 0.05) is 63.6 Å². The summed E-state index contributed by atoms with van der Waals surface area (Å²) in [5, 5.41) is 49.3. The summed E-state index contributed by atoms with van der Waals surface area (Å²) in [5.41, 5.74) is 4.23. The topological polar surface area (TPSA) is 233 Å². The molecule has 16 nitrogen and oxygen atoms in total. The molecule has 0 unspecified atom stereocenters. The van der Waals surface area contributed by atoms with Gasteiger partial charge < -0.3 is 51.0 Å². The second-order valence-electron chi connectivity index (χ2n) is 15.2. The Balaban J connectivity index is 1.49. The average molecular weight is 722 g/mol. The van der Waals surface area contributed by atoms with Crippen LogP contribution < -0.4 is 16.4 Å². The van der Waals surface area contributed by atoms with Crippen LogP contribution in [-0.2, 0) is 23.8 Å². The Labute approximate surface area is 298 Å². The van der Waals surface area contributed by atoms with Crippen molar-refractivity contribution in [3.8, 4) is 0 Å². The number of aliphatic hydroxyl groups is 3. The van der Waals surface area contributed by atoms with Gasteiger partial charge in [-0.05, 0) is 64.3 Å². The largest absolute Gasteiger partial charge is 0.479 e. The third kappa shape index (κ3) is 9.61. The van der Waals surface area contributed by atoms with Gasteiger partial charge in [-0.2, -0.15) is 0 Å². The molecule has 0 radical (unpaired) electrons. The van der Waals surface area contributed by atoms with Crippen LogP contribution in [0.5, 0.6) is 0 Å². The fourth-order valence-electron chi connectivity index (χ4n) is 7.43. The van der Waals surface area contributed by atoms with Crippen molar-refractivity contribution in [2.45, 2.75) is 108 Å². The number of carboxylic acids is 1. The summed E-state index contributed by atoms with van der Waals surface area (Å²) in [6.45, 7) is 13.6. The highest BCUT2D eigenvalue weighted by Gasteiger charge is 2.55. The predicted octanol–water partition coefficient (Wildman–Crippen LogP) is -0.729. The van der Waals surface area contributed by atoms with Crippen LogP contribution in [0.2, 0.25) is 0 Å². The zero-order valence-electron chi connectivity index (χ0n) is 30.4. The van der Waals surface area contributed by atoms with Gasteiger partial charge in [-0.1, -0.05) is 0 Å². The van der Waals surface area contributed by atoms with Gasteiger partial charge in [0.25, 0.3) is 5.91 Å². The summed E-state index contributed by atoms with van der Waals surface area (Å²) < 4.78 is 18.0. The van der Waals surface area contributed by atoms with E-state index in [1.807, 2.05) is 20.8 Å². The molecule has 3 saturated heterocycles. The summed E-state index contributed by atoms with van der Waals surface area (Å²) in [7, 11) is 0. The van der Waals surface area contributed by atoms with E-state index >= 15 is 0 Å². The fourth-order valence-corrected chi connectivity index (χ4v) is 7.43. The number of aryl methyl sites for hydroxylation is 2. The molecule has 8 N–H and O–H groups in total. The maximum absolute atomic E-state index is 13.0. The molecule has 3 aliphatic rings. The van der Waals surface area contributed by atoms with Gasteiger partial charge in [-0.15, -0.1) is 0 Å². The molecule has 3 heterocycles. The Morgan fingerprint density at radius 3 is 2.39 bits per heavy atom. The first-order valence-electron chi connectivity index (χ1n) is 17.4. The van der Waals surface area contributed by atoms with Crippen LogP contribution in [0.15, 0.2) is 12.1 Å². The number of hydrogen-bond acceptors (Lipinski definition) is 12. The van der Waals surface area contributed by atoms with Crippen molar-refractivity contribution in [3.05, 3.63) is 34.4 Å². The van der Waals surface area contributed by atoms with Crippen molar-refractivity contribution >= 4 is 23.7 Å². The van der Waals surface area contributed by atoms with Crippen molar-refractivity contribution < 1.29 is 53.8 Å². The fraction of sp³-hybridized carbons (Fsp3) is 0.714. The molecule has 286 valence electrons. The smallest absolute Gasteiger partial charge is 0.336 e. The first-order valence-corrected chi connectivity index (χ1v) is 17.4. The van der Waals surface area contributed by atoms with Crippen LogP contribution in [0.3, 0.4) is 0 Å². The van der Waals surface area contributed by atoms with Crippen molar-refractivity contribution in [3.63, 3.8) is 0 Å². The number of carbonyl (C=O) groups excluding carboxylic acids is 3. The van der Waals surface area contributed by atoms with Crippen LogP contribution in [-0.4, -0.2) is 154 Å². The number of rotatable bonds is 13. The third-order valence-electron chi connectivity index (χ3n) is 10.1. The molecule has 4 rings (SSSR count). The monoisotopic (exact) mass is 721 g/mol. The normalized spacial score (nSPS) is 28.7. The van der Waals surface area contributed by atoms with E-state index in [1.54, 1.807) is 13.8 Å².